The van der Waals surface area contributed by atoms with Gasteiger partial charge in [0.25, 0.3) is 0 Å². The van der Waals surface area contributed by atoms with Crippen LogP contribution in [0.5, 0.6) is 5.75 Å². The van der Waals surface area contributed by atoms with Gasteiger partial charge >= 0.3 is 0 Å². The molecule has 1 aliphatic carbocycles. The highest BCUT2D eigenvalue weighted by Crippen LogP contribution is 2.43. The maximum absolute atomic E-state index is 6.33. The molecule has 1 saturated carbocycles. The first-order chi connectivity index (χ1) is 9.62. The SMILES string of the molecule is Cc1cc(CN)cc(C)c1OC1CCOC2(CCC2)C1. The average molecular weight is 275 g/mol. The van der Waals surface area contributed by atoms with E-state index in [1.54, 1.807) is 0 Å². The summed E-state index contributed by atoms with van der Waals surface area (Å²) in [7, 11) is 0. The van der Waals surface area contributed by atoms with Crippen LogP contribution in [0.2, 0.25) is 0 Å². The molecule has 1 saturated heterocycles. The lowest BCUT2D eigenvalue weighted by Gasteiger charge is -2.47. The number of ether oxygens (including phenoxy) is 2. The van der Waals surface area contributed by atoms with E-state index in [4.69, 9.17) is 15.2 Å². The molecule has 1 heterocycles. The Bertz CT molecular complexity index is 471. The van der Waals surface area contributed by atoms with Crippen molar-refractivity contribution in [2.45, 2.75) is 64.2 Å². The second kappa shape index (κ2) is 5.38. The number of benzene rings is 1. The van der Waals surface area contributed by atoms with Crippen LogP contribution in [-0.2, 0) is 11.3 Å². The third kappa shape index (κ3) is 2.57. The van der Waals surface area contributed by atoms with E-state index in [0.717, 1.165) is 25.2 Å². The number of rotatable bonds is 3. The molecule has 0 amide bonds. The van der Waals surface area contributed by atoms with Crippen LogP contribution in [0.4, 0.5) is 0 Å². The van der Waals surface area contributed by atoms with Crippen LogP contribution in [0.1, 0.15) is 48.8 Å². The molecular weight excluding hydrogens is 250 g/mol. The number of nitrogens with two attached hydrogens (primary N) is 1. The highest BCUT2D eigenvalue weighted by molar-refractivity contribution is 5.43. The molecule has 0 aromatic heterocycles. The molecule has 3 heteroatoms. The van der Waals surface area contributed by atoms with Crippen molar-refractivity contribution in [2.24, 2.45) is 5.73 Å². The summed E-state index contributed by atoms with van der Waals surface area (Å²) in [5.74, 6) is 1.04. The van der Waals surface area contributed by atoms with Gasteiger partial charge in [-0.15, -0.1) is 0 Å². The van der Waals surface area contributed by atoms with Crippen molar-refractivity contribution >= 4 is 0 Å². The summed E-state index contributed by atoms with van der Waals surface area (Å²) < 4.78 is 12.3. The van der Waals surface area contributed by atoms with E-state index in [0.29, 0.717) is 12.6 Å². The van der Waals surface area contributed by atoms with Gasteiger partial charge in [-0.25, -0.2) is 0 Å². The molecule has 2 fully saturated rings. The van der Waals surface area contributed by atoms with Gasteiger partial charge in [0.15, 0.2) is 0 Å². The second-order valence-electron chi connectivity index (χ2n) is 6.38. The van der Waals surface area contributed by atoms with Gasteiger partial charge < -0.3 is 15.2 Å². The van der Waals surface area contributed by atoms with Gasteiger partial charge in [0.05, 0.1) is 12.2 Å². The lowest BCUT2D eigenvalue weighted by atomic mass is 9.74. The predicted molar refractivity (Wildman–Crippen MR) is 80.0 cm³/mol. The molecule has 0 bridgehead atoms. The first-order valence-corrected chi connectivity index (χ1v) is 7.73. The summed E-state index contributed by atoms with van der Waals surface area (Å²) in [5.41, 5.74) is 9.43. The molecule has 110 valence electrons. The van der Waals surface area contributed by atoms with Gasteiger partial charge in [-0.3, -0.25) is 0 Å². The Morgan fingerprint density at radius 2 is 2.00 bits per heavy atom. The zero-order valence-electron chi connectivity index (χ0n) is 12.6. The lowest BCUT2D eigenvalue weighted by Crippen LogP contribution is -2.48. The summed E-state index contributed by atoms with van der Waals surface area (Å²) >= 11 is 0. The van der Waals surface area contributed by atoms with E-state index in [-0.39, 0.29) is 5.60 Å². The van der Waals surface area contributed by atoms with Crippen molar-refractivity contribution < 1.29 is 9.47 Å². The second-order valence-corrected chi connectivity index (χ2v) is 6.38. The largest absolute Gasteiger partial charge is 0.490 e. The van der Waals surface area contributed by atoms with Crippen LogP contribution in [-0.4, -0.2) is 18.3 Å². The van der Waals surface area contributed by atoms with Gasteiger partial charge in [0.1, 0.15) is 11.9 Å². The minimum Gasteiger partial charge on any atom is -0.490 e. The van der Waals surface area contributed by atoms with Crippen LogP contribution < -0.4 is 10.5 Å². The monoisotopic (exact) mass is 275 g/mol. The summed E-state index contributed by atoms with van der Waals surface area (Å²) in [6, 6.07) is 4.28. The van der Waals surface area contributed by atoms with E-state index in [1.807, 2.05) is 0 Å². The molecule has 1 unspecified atom stereocenters. The summed E-state index contributed by atoms with van der Waals surface area (Å²) in [6.45, 7) is 5.64. The number of hydrogen-bond acceptors (Lipinski definition) is 3. The first-order valence-electron chi connectivity index (χ1n) is 7.73. The molecule has 1 atom stereocenters. The topological polar surface area (TPSA) is 44.5 Å². The maximum Gasteiger partial charge on any atom is 0.125 e. The molecule has 1 aromatic rings. The third-order valence-electron chi connectivity index (χ3n) is 4.75. The van der Waals surface area contributed by atoms with E-state index in [2.05, 4.69) is 26.0 Å². The molecule has 1 spiro atoms. The first kappa shape index (κ1) is 13.9. The molecule has 1 aromatic carbocycles. The van der Waals surface area contributed by atoms with Crippen LogP contribution >= 0.6 is 0 Å². The summed E-state index contributed by atoms with van der Waals surface area (Å²) in [5, 5.41) is 0. The van der Waals surface area contributed by atoms with Crippen LogP contribution in [0.25, 0.3) is 0 Å². The van der Waals surface area contributed by atoms with Crippen molar-refractivity contribution in [3.05, 3.63) is 28.8 Å². The van der Waals surface area contributed by atoms with Crippen molar-refractivity contribution in [3.8, 4) is 5.75 Å². The molecule has 1 aliphatic heterocycles. The lowest BCUT2D eigenvalue weighted by molar-refractivity contribution is -0.153. The minimum atomic E-state index is 0.141. The Kier molecular flexibility index (Phi) is 3.74. The summed E-state index contributed by atoms with van der Waals surface area (Å²) in [4.78, 5) is 0. The fourth-order valence-corrected chi connectivity index (χ4v) is 3.51. The van der Waals surface area contributed by atoms with E-state index >= 15 is 0 Å². The van der Waals surface area contributed by atoms with Crippen molar-refractivity contribution in [2.75, 3.05) is 6.61 Å². The fraction of sp³-hybridized carbons (Fsp3) is 0.647. The Morgan fingerprint density at radius 3 is 2.55 bits per heavy atom. The van der Waals surface area contributed by atoms with Gasteiger partial charge in [-0.05, 0) is 49.8 Å². The normalized spacial score (nSPS) is 24.4. The third-order valence-corrected chi connectivity index (χ3v) is 4.75. The Hall–Kier alpha value is -1.06. The molecule has 2 aliphatic rings. The minimum absolute atomic E-state index is 0.141. The highest BCUT2D eigenvalue weighted by Gasteiger charge is 2.43. The highest BCUT2D eigenvalue weighted by atomic mass is 16.5. The van der Waals surface area contributed by atoms with Crippen LogP contribution in [0, 0.1) is 13.8 Å². The number of hydrogen-bond donors (Lipinski definition) is 1. The van der Waals surface area contributed by atoms with Gasteiger partial charge in [-0.2, -0.15) is 0 Å². The molecule has 3 nitrogen and oxygen atoms in total. The standard InChI is InChI=1S/C17H25NO2/c1-12-8-14(11-18)9-13(2)16(12)20-15-4-7-19-17(10-15)5-3-6-17/h8-9,15H,3-7,10-11,18H2,1-2H3. The van der Waals surface area contributed by atoms with E-state index < -0.39 is 0 Å². The smallest absolute Gasteiger partial charge is 0.125 e. The molecule has 20 heavy (non-hydrogen) atoms. The van der Waals surface area contributed by atoms with Gasteiger partial charge in [-0.1, -0.05) is 12.1 Å². The number of aryl methyl sites for hydroxylation is 2. The summed E-state index contributed by atoms with van der Waals surface area (Å²) in [6.07, 6.45) is 6.05. The maximum atomic E-state index is 6.33. The van der Waals surface area contributed by atoms with Gasteiger partial charge in [0, 0.05) is 19.4 Å². The van der Waals surface area contributed by atoms with E-state index in [1.165, 1.54) is 36.0 Å². The van der Waals surface area contributed by atoms with Crippen LogP contribution in [0.3, 0.4) is 0 Å². The molecule has 3 rings (SSSR count). The van der Waals surface area contributed by atoms with Crippen molar-refractivity contribution in [1.82, 2.24) is 0 Å². The Labute approximate surface area is 121 Å². The van der Waals surface area contributed by atoms with Crippen molar-refractivity contribution in [3.63, 3.8) is 0 Å². The van der Waals surface area contributed by atoms with Crippen LogP contribution in [0.15, 0.2) is 12.1 Å². The molecule has 0 radical (unpaired) electrons. The molecular formula is C17H25NO2. The average Bonchev–Trinajstić information content (AvgIpc) is 2.41. The molecule has 2 N–H and O–H groups in total. The Morgan fingerprint density at radius 1 is 1.30 bits per heavy atom. The van der Waals surface area contributed by atoms with Crippen molar-refractivity contribution in [1.29, 1.82) is 0 Å². The zero-order valence-corrected chi connectivity index (χ0v) is 12.6. The zero-order chi connectivity index (χ0) is 14.2. The quantitative estimate of drug-likeness (QED) is 0.921. The Balaban J connectivity index is 1.74. The van der Waals surface area contributed by atoms with E-state index in [9.17, 15) is 0 Å². The predicted octanol–water partition coefficient (Wildman–Crippen LogP) is 3.24. The van der Waals surface area contributed by atoms with Gasteiger partial charge in [0.2, 0.25) is 0 Å². The fourth-order valence-electron chi connectivity index (χ4n) is 3.51.